The zero-order valence-electron chi connectivity index (χ0n) is 12.3. The lowest BCUT2D eigenvalue weighted by atomic mass is 10.1. The fourth-order valence-corrected chi connectivity index (χ4v) is 2.37. The second-order valence-corrected chi connectivity index (χ2v) is 5.69. The van der Waals surface area contributed by atoms with E-state index in [2.05, 4.69) is 21.2 Å². The number of rotatable bonds is 5. The lowest BCUT2D eigenvalue weighted by molar-refractivity contribution is -0.123. The Morgan fingerprint density at radius 2 is 2.10 bits per heavy atom. The smallest absolute Gasteiger partial charge is 0.258 e. The van der Waals surface area contributed by atoms with E-state index >= 15 is 0 Å². The molecule has 1 N–H and O–H groups in total. The molecule has 2 aromatic rings. The third-order valence-corrected chi connectivity index (χ3v) is 4.57. The van der Waals surface area contributed by atoms with Gasteiger partial charge in [0.15, 0.2) is 6.61 Å². The van der Waals surface area contributed by atoms with Crippen LogP contribution in [-0.2, 0) is 11.3 Å². The van der Waals surface area contributed by atoms with Crippen LogP contribution in [0.15, 0.2) is 33.4 Å². The Balaban J connectivity index is 1.92. The van der Waals surface area contributed by atoms with Crippen molar-refractivity contribution in [3.63, 3.8) is 0 Å². The molecular weight excluding hydrogens is 334 g/mol. The lowest BCUT2D eigenvalue weighted by Gasteiger charge is -2.14. The minimum Gasteiger partial charge on any atom is -0.483 e. The summed E-state index contributed by atoms with van der Waals surface area (Å²) in [5.74, 6) is 1.28. The highest BCUT2D eigenvalue weighted by Crippen LogP contribution is 2.31. The van der Waals surface area contributed by atoms with Gasteiger partial charge in [-0.1, -0.05) is 15.9 Å². The Morgan fingerprint density at radius 3 is 2.76 bits per heavy atom. The van der Waals surface area contributed by atoms with E-state index in [4.69, 9.17) is 9.15 Å². The molecule has 2 rings (SSSR count). The number of hydrogen-bond acceptors (Lipinski definition) is 3. The molecule has 0 aliphatic heterocycles. The van der Waals surface area contributed by atoms with Gasteiger partial charge in [0, 0.05) is 4.47 Å². The molecular formula is C16H18BrNO3. The van der Waals surface area contributed by atoms with Crippen molar-refractivity contribution in [1.29, 1.82) is 0 Å². The van der Waals surface area contributed by atoms with E-state index in [0.29, 0.717) is 6.54 Å². The molecule has 4 nitrogen and oxygen atoms in total. The summed E-state index contributed by atoms with van der Waals surface area (Å²) >= 11 is 3.55. The first-order valence-corrected chi connectivity index (χ1v) is 7.46. The van der Waals surface area contributed by atoms with Crippen LogP contribution in [0.1, 0.15) is 22.5 Å². The van der Waals surface area contributed by atoms with E-state index in [0.717, 1.165) is 32.7 Å². The standard InChI is InChI=1S/C16H18BrNO3/c1-10-7-14(11(2)12(3)16(10)17)21-9-15(19)18-8-13-5-4-6-20-13/h4-7H,8-9H2,1-3H3,(H,18,19). The number of amides is 1. The highest BCUT2D eigenvalue weighted by molar-refractivity contribution is 9.10. The number of ether oxygens (including phenoxy) is 1. The number of benzene rings is 1. The first-order valence-electron chi connectivity index (χ1n) is 6.67. The Kier molecular flexibility index (Phi) is 5.07. The maximum Gasteiger partial charge on any atom is 0.258 e. The molecule has 0 aliphatic rings. The van der Waals surface area contributed by atoms with Crippen LogP contribution in [0.3, 0.4) is 0 Å². The summed E-state index contributed by atoms with van der Waals surface area (Å²) in [7, 11) is 0. The number of carbonyl (C=O) groups is 1. The molecule has 0 aliphatic carbocycles. The summed E-state index contributed by atoms with van der Waals surface area (Å²) in [6, 6.07) is 5.54. The highest BCUT2D eigenvalue weighted by atomic mass is 79.9. The van der Waals surface area contributed by atoms with Crippen LogP contribution in [0.25, 0.3) is 0 Å². The van der Waals surface area contributed by atoms with Crippen molar-refractivity contribution in [2.75, 3.05) is 6.61 Å². The van der Waals surface area contributed by atoms with Gasteiger partial charge >= 0.3 is 0 Å². The summed E-state index contributed by atoms with van der Waals surface area (Å²) in [5.41, 5.74) is 3.25. The van der Waals surface area contributed by atoms with Crippen molar-refractivity contribution in [3.05, 3.63) is 51.4 Å². The van der Waals surface area contributed by atoms with Crippen molar-refractivity contribution in [1.82, 2.24) is 5.32 Å². The van der Waals surface area contributed by atoms with Crippen LogP contribution >= 0.6 is 15.9 Å². The van der Waals surface area contributed by atoms with Gasteiger partial charge in [0.05, 0.1) is 12.8 Å². The maximum absolute atomic E-state index is 11.8. The predicted molar refractivity (Wildman–Crippen MR) is 84.4 cm³/mol. The fourth-order valence-electron chi connectivity index (χ4n) is 1.96. The van der Waals surface area contributed by atoms with Gasteiger partial charge < -0.3 is 14.5 Å². The third kappa shape index (κ3) is 3.88. The molecule has 0 unspecified atom stereocenters. The van der Waals surface area contributed by atoms with Crippen LogP contribution in [0.4, 0.5) is 0 Å². The van der Waals surface area contributed by atoms with Gasteiger partial charge in [-0.25, -0.2) is 0 Å². The van der Waals surface area contributed by atoms with E-state index in [-0.39, 0.29) is 12.5 Å². The Morgan fingerprint density at radius 1 is 1.33 bits per heavy atom. The molecule has 5 heteroatoms. The molecule has 1 aromatic heterocycles. The van der Waals surface area contributed by atoms with Crippen LogP contribution in [0, 0.1) is 20.8 Å². The third-order valence-electron chi connectivity index (χ3n) is 3.35. The van der Waals surface area contributed by atoms with Gasteiger partial charge in [-0.05, 0) is 55.7 Å². The number of furan rings is 1. The molecule has 0 atom stereocenters. The molecule has 1 amide bonds. The zero-order valence-corrected chi connectivity index (χ0v) is 13.9. The minimum atomic E-state index is -0.177. The minimum absolute atomic E-state index is 0.0118. The second-order valence-electron chi connectivity index (χ2n) is 4.90. The van der Waals surface area contributed by atoms with Crippen molar-refractivity contribution in [2.24, 2.45) is 0 Å². The normalized spacial score (nSPS) is 10.5. The van der Waals surface area contributed by atoms with E-state index in [1.165, 1.54) is 0 Å². The van der Waals surface area contributed by atoms with Gasteiger partial charge in [-0.3, -0.25) is 4.79 Å². The van der Waals surface area contributed by atoms with Crippen LogP contribution in [0.5, 0.6) is 5.75 Å². The molecule has 0 fully saturated rings. The number of hydrogen-bond donors (Lipinski definition) is 1. The monoisotopic (exact) mass is 351 g/mol. The fraction of sp³-hybridized carbons (Fsp3) is 0.312. The molecule has 112 valence electrons. The SMILES string of the molecule is Cc1cc(OCC(=O)NCc2ccco2)c(C)c(C)c1Br. The van der Waals surface area contributed by atoms with E-state index in [9.17, 15) is 4.79 Å². The van der Waals surface area contributed by atoms with Crippen molar-refractivity contribution >= 4 is 21.8 Å². The van der Waals surface area contributed by atoms with Gasteiger partial charge in [0.25, 0.3) is 5.91 Å². The topological polar surface area (TPSA) is 51.5 Å². The average Bonchev–Trinajstić information content (AvgIpc) is 2.98. The molecule has 0 spiro atoms. The quantitative estimate of drug-likeness (QED) is 0.894. The predicted octanol–water partition coefficient (Wildman–Crippen LogP) is 3.66. The highest BCUT2D eigenvalue weighted by Gasteiger charge is 2.11. The molecule has 0 bridgehead atoms. The Hall–Kier alpha value is -1.75. The number of nitrogens with one attached hydrogen (secondary N) is 1. The summed E-state index contributed by atoms with van der Waals surface area (Å²) in [5, 5.41) is 2.75. The first-order chi connectivity index (χ1) is 9.99. The number of halogens is 1. The van der Waals surface area contributed by atoms with Crippen LogP contribution in [0.2, 0.25) is 0 Å². The van der Waals surface area contributed by atoms with E-state index < -0.39 is 0 Å². The molecule has 21 heavy (non-hydrogen) atoms. The molecule has 1 heterocycles. The average molecular weight is 352 g/mol. The summed E-state index contributed by atoms with van der Waals surface area (Å²) < 4.78 is 11.8. The number of carbonyl (C=O) groups excluding carboxylic acids is 1. The van der Waals surface area contributed by atoms with E-state index in [1.807, 2.05) is 32.9 Å². The first kappa shape index (κ1) is 15.6. The largest absolute Gasteiger partial charge is 0.483 e. The lowest BCUT2D eigenvalue weighted by Crippen LogP contribution is -2.28. The van der Waals surface area contributed by atoms with Gasteiger partial charge in [0.1, 0.15) is 11.5 Å². The zero-order chi connectivity index (χ0) is 15.4. The Labute approximate surface area is 132 Å². The van der Waals surface area contributed by atoms with E-state index in [1.54, 1.807) is 12.3 Å². The molecule has 0 saturated carbocycles. The number of aryl methyl sites for hydroxylation is 1. The van der Waals surface area contributed by atoms with Crippen molar-refractivity contribution in [3.8, 4) is 5.75 Å². The van der Waals surface area contributed by atoms with Crippen LogP contribution < -0.4 is 10.1 Å². The summed E-state index contributed by atoms with van der Waals surface area (Å²) in [6.07, 6.45) is 1.58. The van der Waals surface area contributed by atoms with Crippen molar-refractivity contribution < 1.29 is 13.9 Å². The maximum atomic E-state index is 11.8. The summed E-state index contributed by atoms with van der Waals surface area (Å²) in [6.45, 7) is 6.36. The summed E-state index contributed by atoms with van der Waals surface area (Å²) in [4.78, 5) is 11.8. The van der Waals surface area contributed by atoms with Crippen LogP contribution in [-0.4, -0.2) is 12.5 Å². The molecule has 1 aromatic carbocycles. The second kappa shape index (κ2) is 6.80. The van der Waals surface area contributed by atoms with Gasteiger partial charge in [-0.15, -0.1) is 0 Å². The molecule has 0 saturated heterocycles. The van der Waals surface area contributed by atoms with Gasteiger partial charge in [0.2, 0.25) is 0 Å². The molecule has 0 radical (unpaired) electrons. The van der Waals surface area contributed by atoms with Crippen molar-refractivity contribution in [2.45, 2.75) is 27.3 Å². The Bertz CT molecular complexity index is 635. The van der Waals surface area contributed by atoms with Gasteiger partial charge in [-0.2, -0.15) is 0 Å².